The number of halogens is 1. The first-order valence-corrected chi connectivity index (χ1v) is 11.1. The molecule has 8 heteroatoms. The summed E-state index contributed by atoms with van der Waals surface area (Å²) in [4.78, 5) is 7.48. The number of aromatic nitrogens is 3. The molecule has 2 N–H and O–H groups in total. The maximum Gasteiger partial charge on any atom is 0.191 e. The van der Waals surface area contributed by atoms with Gasteiger partial charge in [0.1, 0.15) is 12.4 Å². The highest BCUT2D eigenvalue weighted by molar-refractivity contribution is 14.0. The fourth-order valence-corrected chi connectivity index (χ4v) is 4.24. The first-order chi connectivity index (χ1) is 13.5. The van der Waals surface area contributed by atoms with E-state index in [1.807, 2.05) is 18.5 Å². The molecule has 0 aromatic carbocycles. The standard InChI is InChI=1S/C21H39N7.HI/c1-17-25-26-19(27(17)4)15-22-20(24-18-11-7-5-8-12-18)23-16-21(2,3)28-13-9-6-10-14-28;/h18H,5-16H2,1-4H3,(H2,22,23,24);1H. The van der Waals surface area contributed by atoms with E-state index in [0.29, 0.717) is 12.6 Å². The second-order valence-electron chi connectivity index (χ2n) is 9.08. The lowest BCUT2D eigenvalue weighted by Crippen LogP contribution is -2.55. The largest absolute Gasteiger partial charge is 0.355 e. The predicted octanol–water partition coefficient (Wildman–Crippen LogP) is 3.37. The van der Waals surface area contributed by atoms with Crippen LogP contribution in [0.1, 0.15) is 76.9 Å². The summed E-state index contributed by atoms with van der Waals surface area (Å²) in [5.41, 5.74) is 0.122. The van der Waals surface area contributed by atoms with Crippen molar-refractivity contribution >= 4 is 29.9 Å². The molecular formula is C21H40IN7. The van der Waals surface area contributed by atoms with Crippen molar-refractivity contribution in [1.82, 2.24) is 30.3 Å². The smallest absolute Gasteiger partial charge is 0.191 e. The normalized spacial score (nSPS) is 19.7. The van der Waals surface area contributed by atoms with Crippen LogP contribution in [-0.2, 0) is 13.6 Å². The molecule has 2 fully saturated rings. The molecule has 1 saturated heterocycles. The van der Waals surface area contributed by atoms with E-state index < -0.39 is 0 Å². The zero-order valence-corrected chi connectivity index (χ0v) is 21.0. The van der Waals surface area contributed by atoms with E-state index in [4.69, 9.17) is 4.99 Å². The second-order valence-corrected chi connectivity index (χ2v) is 9.08. The minimum absolute atomic E-state index is 0. The van der Waals surface area contributed by atoms with Crippen molar-refractivity contribution in [2.75, 3.05) is 19.6 Å². The van der Waals surface area contributed by atoms with Crippen molar-refractivity contribution in [3.63, 3.8) is 0 Å². The number of hydrogen-bond acceptors (Lipinski definition) is 4. The summed E-state index contributed by atoms with van der Waals surface area (Å²) in [6, 6.07) is 0.527. The van der Waals surface area contributed by atoms with Gasteiger partial charge in [0.15, 0.2) is 11.8 Å². The highest BCUT2D eigenvalue weighted by Gasteiger charge is 2.28. The van der Waals surface area contributed by atoms with Crippen molar-refractivity contribution in [1.29, 1.82) is 0 Å². The maximum absolute atomic E-state index is 4.86. The van der Waals surface area contributed by atoms with Crippen molar-refractivity contribution in [2.24, 2.45) is 12.0 Å². The summed E-state index contributed by atoms with van der Waals surface area (Å²) in [5, 5.41) is 15.7. The highest BCUT2D eigenvalue weighted by Crippen LogP contribution is 2.20. The second kappa shape index (κ2) is 11.5. The van der Waals surface area contributed by atoms with E-state index in [1.165, 1.54) is 64.5 Å². The van der Waals surface area contributed by atoms with Crippen LogP contribution in [0.2, 0.25) is 0 Å². The van der Waals surface area contributed by atoms with Crippen LogP contribution >= 0.6 is 24.0 Å². The minimum atomic E-state index is 0. The van der Waals surface area contributed by atoms with E-state index in [-0.39, 0.29) is 29.5 Å². The summed E-state index contributed by atoms with van der Waals surface area (Å²) >= 11 is 0. The number of hydrogen-bond donors (Lipinski definition) is 2. The van der Waals surface area contributed by atoms with Gasteiger partial charge in [0, 0.05) is 25.2 Å². The van der Waals surface area contributed by atoms with Gasteiger partial charge in [0.05, 0.1) is 0 Å². The van der Waals surface area contributed by atoms with Gasteiger partial charge in [-0.15, -0.1) is 34.2 Å². The van der Waals surface area contributed by atoms with E-state index in [0.717, 1.165) is 24.2 Å². The van der Waals surface area contributed by atoms with Gasteiger partial charge in [-0.2, -0.15) is 0 Å². The molecule has 7 nitrogen and oxygen atoms in total. The molecule has 2 aliphatic rings. The molecule has 1 aromatic rings. The van der Waals surface area contributed by atoms with Crippen molar-refractivity contribution < 1.29 is 0 Å². The first kappa shape index (κ1) is 24.4. The van der Waals surface area contributed by atoms with Gasteiger partial charge in [0.2, 0.25) is 0 Å². The zero-order chi connectivity index (χ0) is 20.0. The van der Waals surface area contributed by atoms with Gasteiger partial charge in [-0.25, -0.2) is 4.99 Å². The van der Waals surface area contributed by atoms with Crippen LogP contribution in [0.25, 0.3) is 0 Å². The number of guanidine groups is 1. The molecule has 0 unspecified atom stereocenters. The van der Waals surface area contributed by atoms with E-state index in [1.54, 1.807) is 0 Å². The summed E-state index contributed by atoms with van der Waals surface area (Å²) in [7, 11) is 2.00. The van der Waals surface area contributed by atoms with Crippen LogP contribution in [0.4, 0.5) is 0 Å². The number of piperidine rings is 1. The topological polar surface area (TPSA) is 70.4 Å². The highest BCUT2D eigenvalue weighted by atomic mass is 127. The lowest BCUT2D eigenvalue weighted by molar-refractivity contribution is 0.0981. The average molecular weight is 518 g/mol. The molecule has 1 saturated carbocycles. The van der Waals surface area contributed by atoms with Crippen LogP contribution < -0.4 is 10.6 Å². The van der Waals surface area contributed by atoms with Crippen LogP contribution in [0.3, 0.4) is 0 Å². The van der Waals surface area contributed by atoms with Gasteiger partial charge in [-0.1, -0.05) is 25.7 Å². The van der Waals surface area contributed by atoms with Crippen LogP contribution in [0.5, 0.6) is 0 Å². The monoisotopic (exact) mass is 517 g/mol. The molecular weight excluding hydrogens is 477 g/mol. The Hall–Kier alpha value is -0.900. The summed E-state index contributed by atoms with van der Waals surface area (Å²) < 4.78 is 2.01. The molecule has 1 aliphatic carbocycles. The van der Waals surface area contributed by atoms with Crippen LogP contribution in [0.15, 0.2) is 4.99 Å². The molecule has 29 heavy (non-hydrogen) atoms. The fraction of sp³-hybridized carbons (Fsp3) is 0.857. The predicted molar refractivity (Wildman–Crippen MR) is 130 cm³/mol. The summed E-state index contributed by atoms with van der Waals surface area (Å²) in [5.74, 6) is 2.74. The summed E-state index contributed by atoms with van der Waals surface area (Å²) in [6.45, 7) is 10.5. The van der Waals surface area contributed by atoms with E-state index in [9.17, 15) is 0 Å². The molecule has 2 heterocycles. The Labute approximate surface area is 193 Å². The number of rotatable bonds is 6. The van der Waals surface area contributed by atoms with Crippen molar-refractivity contribution in [3.8, 4) is 0 Å². The quantitative estimate of drug-likeness (QED) is 0.344. The third-order valence-electron chi connectivity index (χ3n) is 6.41. The Morgan fingerprint density at radius 3 is 2.34 bits per heavy atom. The minimum Gasteiger partial charge on any atom is -0.355 e. The van der Waals surface area contributed by atoms with Crippen LogP contribution in [-0.4, -0.2) is 56.8 Å². The lowest BCUT2D eigenvalue weighted by Gasteiger charge is -2.41. The first-order valence-electron chi connectivity index (χ1n) is 11.1. The molecule has 0 radical (unpaired) electrons. The number of nitrogens with zero attached hydrogens (tertiary/aromatic N) is 5. The number of aryl methyl sites for hydroxylation is 1. The molecule has 1 aliphatic heterocycles. The molecule has 0 atom stereocenters. The molecule has 0 bridgehead atoms. The van der Waals surface area contributed by atoms with Gasteiger partial charge in [-0.05, 0) is 59.5 Å². The Balaban J connectivity index is 0.00000300. The fourth-order valence-electron chi connectivity index (χ4n) is 4.24. The van der Waals surface area contributed by atoms with E-state index >= 15 is 0 Å². The van der Waals surface area contributed by atoms with Crippen LogP contribution in [0, 0.1) is 6.92 Å². The molecule has 1 aromatic heterocycles. The third kappa shape index (κ3) is 7.08. The SMILES string of the molecule is Cc1nnc(CN=C(NCC(C)(C)N2CCCCC2)NC2CCCCC2)n1C.I. The summed E-state index contributed by atoms with van der Waals surface area (Å²) in [6.07, 6.45) is 10.5. The Morgan fingerprint density at radius 1 is 1.07 bits per heavy atom. The van der Waals surface area contributed by atoms with Crippen molar-refractivity contribution in [2.45, 2.75) is 90.3 Å². The Morgan fingerprint density at radius 2 is 1.72 bits per heavy atom. The van der Waals surface area contributed by atoms with Gasteiger partial charge in [-0.3, -0.25) is 4.90 Å². The average Bonchev–Trinajstić information content (AvgIpc) is 3.03. The Kier molecular flexibility index (Phi) is 9.65. The third-order valence-corrected chi connectivity index (χ3v) is 6.41. The Bertz CT molecular complexity index is 643. The van der Waals surface area contributed by atoms with E-state index in [2.05, 4.69) is 39.6 Å². The maximum atomic E-state index is 4.86. The molecule has 3 rings (SSSR count). The lowest BCUT2D eigenvalue weighted by atomic mass is 9.95. The number of aliphatic imine (C=N–C) groups is 1. The van der Waals surface area contributed by atoms with Gasteiger partial charge in [0.25, 0.3) is 0 Å². The van der Waals surface area contributed by atoms with Gasteiger partial charge >= 0.3 is 0 Å². The molecule has 0 spiro atoms. The number of likely N-dealkylation sites (tertiary alicyclic amines) is 1. The molecule has 166 valence electrons. The number of nitrogens with one attached hydrogen (secondary N) is 2. The molecule has 0 amide bonds. The van der Waals surface area contributed by atoms with Gasteiger partial charge < -0.3 is 15.2 Å². The zero-order valence-electron chi connectivity index (χ0n) is 18.7. The van der Waals surface area contributed by atoms with Crippen molar-refractivity contribution in [3.05, 3.63) is 11.6 Å².